The predicted octanol–water partition coefficient (Wildman–Crippen LogP) is 3.21. The van der Waals surface area contributed by atoms with Crippen molar-refractivity contribution in [2.24, 2.45) is 5.84 Å². The van der Waals surface area contributed by atoms with Gasteiger partial charge < -0.3 is 9.47 Å². The molecule has 2 aromatic carbocycles. The Bertz CT molecular complexity index is 605. The zero-order valence-corrected chi connectivity index (χ0v) is 13.7. The van der Waals surface area contributed by atoms with Gasteiger partial charge in [0.05, 0.1) is 20.3 Å². The Labute approximate surface area is 133 Å². The molecular formula is C16H19BrN2O2. The molecule has 1 atom stereocenters. The molecule has 0 bridgehead atoms. The number of hydrogen-bond donors (Lipinski definition) is 2. The van der Waals surface area contributed by atoms with Crippen LogP contribution in [0.1, 0.15) is 17.2 Å². The monoisotopic (exact) mass is 350 g/mol. The van der Waals surface area contributed by atoms with Crippen molar-refractivity contribution in [2.75, 3.05) is 14.2 Å². The smallest absolute Gasteiger partial charge is 0.119 e. The maximum Gasteiger partial charge on any atom is 0.119 e. The predicted molar refractivity (Wildman–Crippen MR) is 87.5 cm³/mol. The van der Waals surface area contributed by atoms with Crippen molar-refractivity contribution in [3.8, 4) is 11.5 Å². The van der Waals surface area contributed by atoms with Crippen molar-refractivity contribution in [3.05, 3.63) is 58.1 Å². The highest BCUT2D eigenvalue weighted by molar-refractivity contribution is 9.10. The van der Waals surface area contributed by atoms with Gasteiger partial charge in [-0.25, -0.2) is 0 Å². The molecule has 0 aliphatic carbocycles. The summed E-state index contributed by atoms with van der Waals surface area (Å²) in [6.07, 6.45) is 0.749. The summed E-state index contributed by atoms with van der Waals surface area (Å²) in [5.74, 6) is 7.39. The van der Waals surface area contributed by atoms with E-state index in [0.717, 1.165) is 33.5 Å². The lowest BCUT2D eigenvalue weighted by molar-refractivity contribution is 0.412. The Balaban J connectivity index is 2.27. The van der Waals surface area contributed by atoms with E-state index in [1.807, 2.05) is 36.4 Å². The summed E-state index contributed by atoms with van der Waals surface area (Å²) in [5.41, 5.74) is 5.07. The number of rotatable bonds is 6. The van der Waals surface area contributed by atoms with Crippen molar-refractivity contribution in [1.82, 2.24) is 5.43 Å². The van der Waals surface area contributed by atoms with Crippen molar-refractivity contribution < 1.29 is 9.47 Å². The van der Waals surface area contributed by atoms with E-state index < -0.39 is 0 Å². The number of methoxy groups -OCH3 is 2. The van der Waals surface area contributed by atoms with E-state index in [1.165, 1.54) is 0 Å². The third-order valence-electron chi connectivity index (χ3n) is 3.35. The molecule has 2 aromatic rings. The first kappa shape index (κ1) is 15.8. The van der Waals surface area contributed by atoms with Gasteiger partial charge in [-0.05, 0) is 47.9 Å². The number of hydrazine groups is 1. The number of nitrogens with two attached hydrogens (primary N) is 1. The summed E-state index contributed by atoms with van der Waals surface area (Å²) in [5, 5.41) is 0. The van der Waals surface area contributed by atoms with E-state index in [0.29, 0.717) is 0 Å². The van der Waals surface area contributed by atoms with Crippen LogP contribution in [0.2, 0.25) is 0 Å². The van der Waals surface area contributed by atoms with Crippen LogP contribution >= 0.6 is 15.9 Å². The zero-order chi connectivity index (χ0) is 15.2. The quantitative estimate of drug-likeness (QED) is 0.620. The molecule has 112 valence electrons. The molecule has 3 N–H and O–H groups in total. The normalized spacial score (nSPS) is 12.0. The van der Waals surface area contributed by atoms with E-state index in [9.17, 15) is 0 Å². The van der Waals surface area contributed by atoms with Crippen molar-refractivity contribution >= 4 is 15.9 Å². The van der Waals surface area contributed by atoms with Crippen LogP contribution in [0.15, 0.2) is 46.9 Å². The fraction of sp³-hybridized carbons (Fsp3) is 0.250. The largest absolute Gasteiger partial charge is 0.497 e. The molecule has 1 unspecified atom stereocenters. The minimum Gasteiger partial charge on any atom is -0.497 e. The Morgan fingerprint density at radius 1 is 1.10 bits per heavy atom. The van der Waals surface area contributed by atoms with Gasteiger partial charge in [0.1, 0.15) is 11.5 Å². The second-order valence-corrected chi connectivity index (χ2v) is 5.52. The number of ether oxygens (including phenoxy) is 2. The molecule has 0 amide bonds. The van der Waals surface area contributed by atoms with Gasteiger partial charge in [-0.3, -0.25) is 11.3 Å². The number of nitrogens with one attached hydrogen (secondary N) is 1. The van der Waals surface area contributed by atoms with Gasteiger partial charge in [0, 0.05) is 4.47 Å². The maximum absolute atomic E-state index is 5.74. The molecule has 2 rings (SSSR count). The molecule has 21 heavy (non-hydrogen) atoms. The molecular weight excluding hydrogens is 332 g/mol. The van der Waals surface area contributed by atoms with Crippen molar-refractivity contribution in [3.63, 3.8) is 0 Å². The van der Waals surface area contributed by atoms with E-state index in [-0.39, 0.29) is 6.04 Å². The number of halogens is 1. The van der Waals surface area contributed by atoms with Crippen LogP contribution in [-0.4, -0.2) is 14.2 Å². The van der Waals surface area contributed by atoms with Gasteiger partial charge in [-0.15, -0.1) is 0 Å². The molecule has 0 spiro atoms. The molecule has 0 radical (unpaired) electrons. The summed E-state index contributed by atoms with van der Waals surface area (Å²) in [7, 11) is 3.32. The van der Waals surface area contributed by atoms with Crippen LogP contribution < -0.4 is 20.7 Å². The summed E-state index contributed by atoms with van der Waals surface area (Å²) in [4.78, 5) is 0. The van der Waals surface area contributed by atoms with E-state index in [4.69, 9.17) is 15.3 Å². The maximum atomic E-state index is 5.74. The second-order valence-electron chi connectivity index (χ2n) is 4.66. The molecule has 0 saturated heterocycles. The Morgan fingerprint density at radius 2 is 1.81 bits per heavy atom. The molecule has 4 nitrogen and oxygen atoms in total. The number of hydrogen-bond acceptors (Lipinski definition) is 4. The highest BCUT2D eigenvalue weighted by Crippen LogP contribution is 2.30. The minimum atomic E-state index is -0.0263. The third kappa shape index (κ3) is 3.97. The first-order valence-corrected chi connectivity index (χ1v) is 7.39. The lowest BCUT2D eigenvalue weighted by Gasteiger charge is -2.19. The fourth-order valence-electron chi connectivity index (χ4n) is 2.21. The summed E-state index contributed by atoms with van der Waals surface area (Å²) < 4.78 is 11.5. The van der Waals surface area contributed by atoms with Crippen molar-refractivity contribution in [1.29, 1.82) is 0 Å². The highest BCUT2D eigenvalue weighted by Gasteiger charge is 2.15. The molecule has 0 heterocycles. The van der Waals surface area contributed by atoms with Gasteiger partial charge in [0.2, 0.25) is 0 Å². The summed E-state index contributed by atoms with van der Waals surface area (Å²) in [6, 6.07) is 13.8. The first-order valence-electron chi connectivity index (χ1n) is 6.60. The Hall–Kier alpha value is -1.56. The molecule has 0 aliphatic heterocycles. The summed E-state index contributed by atoms with van der Waals surface area (Å²) >= 11 is 3.57. The molecule has 0 aromatic heterocycles. The average molecular weight is 351 g/mol. The lowest BCUT2D eigenvalue weighted by atomic mass is 9.99. The Kier molecular flexibility index (Phi) is 5.61. The van der Waals surface area contributed by atoms with Gasteiger partial charge in [0.25, 0.3) is 0 Å². The van der Waals surface area contributed by atoms with Crippen LogP contribution in [0, 0.1) is 0 Å². The van der Waals surface area contributed by atoms with Gasteiger partial charge in [0.15, 0.2) is 0 Å². The Morgan fingerprint density at radius 3 is 2.48 bits per heavy atom. The molecule has 0 saturated carbocycles. The second kappa shape index (κ2) is 7.45. The molecule has 5 heteroatoms. The SMILES string of the molecule is COc1cccc(CC(NN)c2cc(OC)ccc2Br)c1. The van der Waals surface area contributed by atoms with Gasteiger partial charge in [-0.1, -0.05) is 28.1 Å². The standard InChI is InChI=1S/C16H19BrN2O2/c1-20-12-5-3-4-11(8-12)9-16(19-18)14-10-13(21-2)6-7-15(14)17/h3-8,10,16,19H,9,18H2,1-2H3. The van der Waals surface area contributed by atoms with Crippen LogP contribution in [-0.2, 0) is 6.42 Å². The van der Waals surface area contributed by atoms with Crippen LogP contribution in [0.4, 0.5) is 0 Å². The molecule has 0 fully saturated rings. The van der Waals surface area contributed by atoms with E-state index in [1.54, 1.807) is 14.2 Å². The van der Waals surface area contributed by atoms with Gasteiger partial charge in [-0.2, -0.15) is 0 Å². The average Bonchev–Trinajstić information content (AvgIpc) is 2.53. The minimum absolute atomic E-state index is 0.0263. The third-order valence-corrected chi connectivity index (χ3v) is 4.08. The summed E-state index contributed by atoms with van der Waals surface area (Å²) in [6.45, 7) is 0. The van der Waals surface area contributed by atoms with Gasteiger partial charge >= 0.3 is 0 Å². The van der Waals surface area contributed by atoms with Crippen LogP contribution in [0.25, 0.3) is 0 Å². The fourth-order valence-corrected chi connectivity index (χ4v) is 2.73. The van der Waals surface area contributed by atoms with Crippen LogP contribution in [0.5, 0.6) is 11.5 Å². The van der Waals surface area contributed by atoms with Crippen LogP contribution in [0.3, 0.4) is 0 Å². The first-order chi connectivity index (χ1) is 10.2. The molecule has 0 aliphatic rings. The zero-order valence-electron chi connectivity index (χ0n) is 12.1. The number of benzene rings is 2. The highest BCUT2D eigenvalue weighted by atomic mass is 79.9. The van der Waals surface area contributed by atoms with E-state index >= 15 is 0 Å². The van der Waals surface area contributed by atoms with E-state index in [2.05, 4.69) is 27.4 Å². The van der Waals surface area contributed by atoms with Crippen molar-refractivity contribution in [2.45, 2.75) is 12.5 Å². The topological polar surface area (TPSA) is 56.5 Å². The lowest BCUT2D eigenvalue weighted by Crippen LogP contribution is -2.29.